The Morgan fingerprint density at radius 2 is 1.84 bits per heavy atom. The molecule has 2 bridgehead atoms. The second-order valence-electron chi connectivity index (χ2n) is 6.69. The lowest BCUT2D eigenvalue weighted by Gasteiger charge is -2.22. The Bertz CT molecular complexity index is 925. The third-order valence-corrected chi connectivity index (χ3v) is 7.40. The maximum absolute atomic E-state index is 13.1. The second-order valence-corrected chi connectivity index (χ2v) is 8.53. The molecule has 1 aromatic carbocycles. The lowest BCUT2D eigenvalue weighted by atomic mass is 9.89. The van der Waals surface area contributed by atoms with E-state index in [-0.39, 0.29) is 22.1 Å². The van der Waals surface area contributed by atoms with Crippen molar-refractivity contribution in [2.24, 2.45) is 5.92 Å². The maximum Gasteiger partial charge on any atom is 0.308 e. The summed E-state index contributed by atoms with van der Waals surface area (Å²) < 4.78 is 27.4. The van der Waals surface area contributed by atoms with Gasteiger partial charge in [-0.15, -0.1) is 0 Å². The summed E-state index contributed by atoms with van der Waals surface area (Å²) in [5.74, 6) is -2.68. The Morgan fingerprint density at radius 3 is 2.48 bits per heavy atom. The molecule has 2 amide bonds. The third kappa shape index (κ3) is 2.09. The van der Waals surface area contributed by atoms with E-state index in [4.69, 9.17) is 0 Å². The fraction of sp³-hybridized carbons (Fsp3) is 0.438. The van der Waals surface area contributed by atoms with E-state index in [1.54, 1.807) is 0 Å². The van der Waals surface area contributed by atoms with Crippen molar-refractivity contribution in [3.05, 3.63) is 29.3 Å². The summed E-state index contributed by atoms with van der Waals surface area (Å²) in [6.45, 7) is 0. The van der Waals surface area contributed by atoms with Gasteiger partial charge in [0.1, 0.15) is 0 Å². The van der Waals surface area contributed by atoms with E-state index in [0.717, 1.165) is 4.90 Å². The highest BCUT2D eigenvalue weighted by atomic mass is 32.2. The van der Waals surface area contributed by atoms with Gasteiger partial charge < -0.3 is 5.11 Å². The topological polar surface area (TPSA) is 112 Å². The van der Waals surface area contributed by atoms with Gasteiger partial charge in [0.25, 0.3) is 11.8 Å². The summed E-state index contributed by atoms with van der Waals surface area (Å²) in [5, 5.41) is 9.30. The van der Waals surface area contributed by atoms with Crippen molar-refractivity contribution in [3.8, 4) is 0 Å². The van der Waals surface area contributed by atoms with Crippen molar-refractivity contribution in [2.45, 2.75) is 36.2 Å². The van der Waals surface area contributed by atoms with E-state index in [0.29, 0.717) is 19.3 Å². The molecule has 2 fully saturated rings. The van der Waals surface area contributed by atoms with Gasteiger partial charge in [-0.2, -0.15) is 4.31 Å². The van der Waals surface area contributed by atoms with Crippen molar-refractivity contribution < 1.29 is 27.9 Å². The third-order valence-electron chi connectivity index (χ3n) is 5.43. The maximum atomic E-state index is 13.1. The van der Waals surface area contributed by atoms with Crippen LogP contribution in [0.3, 0.4) is 0 Å². The van der Waals surface area contributed by atoms with Crippen LogP contribution in [-0.4, -0.2) is 59.6 Å². The van der Waals surface area contributed by atoms with Gasteiger partial charge in [-0.3, -0.25) is 19.3 Å². The van der Waals surface area contributed by atoms with Crippen LogP contribution in [0.5, 0.6) is 0 Å². The van der Waals surface area contributed by atoms with Crippen molar-refractivity contribution in [1.29, 1.82) is 0 Å². The largest absolute Gasteiger partial charge is 0.481 e. The molecular weight excluding hydrogens is 348 g/mol. The standard InChI is InChI=1S/C16H16N2O6S/c1-17-14(19)10-4-3-9(7-11(10)15(17)20)25(23,24)18-8-2-5-13(18)12(6-8)16(21)22/h3-4,7-8,12-13H,2,5-6H2,1H3,(H,21,22). The molecule has 0 aliphatic carbocycles. The van der Waals surface area contributed by atoms with Crippen LogP contribution < -0.4 is 0 Å². The first-order valence-electron chi connectivity index (χ1n) is 7.96. The monoisotopic (exact) mass is 364 g/mol. The number of amides is 2. The van der Waals surface area contributed by atoms with Crippen molar-refractivity contribution in [1.82, 2.24) is 9.21 Å². The number of carboxylic acids is 1. The number of carboxylic acid groups (broad SMARTS) is 1. The first-order chi connectivity index (χ1) is 11.7. The minimum Gasteiger partial charge on any atom is -0.481 e. The predicted molar refractivity (Wildman–Crippen MR) is 84.4 cm³/mol. The van der Waals surface area contributed by atoms with Gasteiger partial charge in [0, 0.05) is 19.1 Å². The number of carbonyl (C=O) groups excluding carboxylic acids is 2. The van der Waals surface area contributed by atoms with Gasteiger partial charge in [-0.05, 0) is 37.5 Å². The van der Waals surface area contributed by atoms with Crippen molar-refractivity contribution >= 4 is 27.8 Å². The van der Waals surface area contributed by atoms with Crippen LogP contribution in [0.15, 0.2) is 23.1 Å². The van der Waals surface area contributed by atoms with Crippen LogP contribution in [0.2, 0.25) is 0 Å². The van der Waals surface area contributed by atoms with Crippen LogP contribution in [0, 0.1) is 5.92 Å². The zero-order valence-corrected chi connectivity index (χ0v) is 14.2. The molecule has 2 saturated heterocycles. The number of aliphatic carboxylic acids is 1. The van der Waals surface area contributed by atoms with Gasteiger partial charge in [0.15, 0.2) is 0 Å². The van der Waals surface area contributed by atoms with E-state index < -0.39 is 39.8 Å². The number of hydrogen-bond acceptors (Lipinski definition) is 5. The van der Waals surface area contributed by atoms with Gasteiger partial charge >= 0.3 is 5.97 Å². The summed E-state index contributed by atoms with van der Waals surface area (Å²) in [5.41, 5.74) is 0.245. The molecule has 3 aliphatic rings. The van der Waals surface area contributed by atoms with Crippen LogP contribution in [0.1, 0.15) is 40.0 Å². The van der Waals surface area contributed by atoms with Crippen LogP contribution in [0.4, 0.5) is 0 Å². The second kappa shape index (κ2) is 5.12. The van der Waals surface area contributed by atoms with Gasteiger partial charge in [-0.25, -0.2) is 8.42 Å². The molecule has 0 spiro atoms. The zero-order valence-electron chi connectivity index (χ0n) is 13.4. The normalized spacial score (nSPS) is 28.7. The minimum absolute atomic E-state index is 0.0647. The molecule has 3 atom stereocenters. The number of carbonyl (C=O) groups is 3. The first kappa shape index (κ1) is 16.2. The van der Waals surface area contributed by atoms with Crippen molar-refractivity contribution in [3.63, 3.8) is 0 Å². The Morgan fingerprint density at radius 1 is 1.16 bits per heavy atom. The summed E-state index contributed by atoms with van der Waals surface area (Å²) in [4.78, 5) is 36.3. The van der Waals surface area contributed by atoms with Gasteiger partial charge in [-0.1, -0.05) is 0 Å². The van der Waals surface area contributed by atoms with Crippen LogP contribution >= 0.6 is 0 Å². The average molecular weight is 364 g/mol. The Balaban J connectivity index is 1.75. The molecule has 1 N–H and O–H groups in total. The SMILES string of the molecule is CN1C(=O)c2ccc(S(=O)(=O)N3C4CCC3C(C(=O)O)C4)cc2C1=O. The summed E-state index contributed by atoms with van der Waals surface area (Å²) >= 11 is 0. The number of nitrogens with zero attached hydrogens (tertiary/aromatic N) is 2. The molecule has 0 aromatic heterocycles. The van der Waals surface area contributed by atoms with Crippen LogP contribution in [-0.2, 0) is 14.8 Å². The lowest BCUT2D eigenvalue weighted by Crippen LogP contribution is -2.37. The van der Waals surface area contributed by atoms with Gasteiger partial charge in [0.2, 0.25) is 10.0 Å². The molecule has 9 heteroatoms. The Hall–Kier alpha value is -2.26. The fourth-order valence-corrected chi connectivity index (χ4v) is 6.14. The molecule has 25 heavy (non-hydrogen) atoms. The Kier molecular flexibility index (Phi) is 3.32. The molecule has 0 radical (unpaired) electrons. The highest BCUT2D eigenvalue weighted by Gasteiger charge is 2.54. The number of imide groups is 1. The lowest BCUT2D eigenvalue weighted by molar-refractivity contribution is -0.142. The average Bonchev–Trinajstić information content (AvgIpc) is 3.23. The smallest absolute Gasteiger partial charge is 0.308 e. The molecule has 4 rings (SSSR count). The van der Waals surface area contributed by atoms with E-state index >= 15 is 0 Å². The number of fused-ring (bicyclic) bond motifs is 3. The summed E-state index contributed by atoms with van der Waals surface area (Å²) in [6, 6.07) is 3.00. The van der Waals surface area contributed by atoms with Crippen molar-refractivity contribution in [2.75, 3.05) is 7.05 Å². The van der Waals surface area contributed by atoms with Crippen LogP contribution in [0.25, 0.3) is 0 Å². The molecule has 8 nitrogen and oxygen atoms in total. The molecule has 3 aliphatic heterocycles. The number of rotatable bonds is 3. The molecular formula is C16H16N2O6S. The van der Waals surface area contributed by atoms with E-state index in [1.165, 1.54) is 29.6 Å². The quantitative estimate of drug-likeness (QED) is 0.784. The summed E-state index contributed by atoms with van der Waals surface area (Å²) in [7, 11) is -2.59. The highest BCUT2D eigenvalue weighted by molar-refractivity contribution is 7.89. The Labute approximate surface area is 144 Å². The number of sulfonamides is 1. The minimum atomic E-state index is -3.93. The summed E-state index contributed by atoms with van der Waals surface area (Å²) in [6.07, 6.45) is 1.47. The van der Waals surface area contributed by atoms with E-state index in [9.17, 15) is 27.9 Å². The zero-order chi connectivity index (χ0) is 18.1. The predicted octanol–water partition coefficient (Wildman–Crippen LogP) is 0.539. The first-order valence-corrected chi connectivity index (χ1v) is 9.40. The molecule has 132 valence electrons. The number of benzene rings is 1. The van der Waals surface area contributed by atoms with E-state index in [2.05, 4.69) is 0 Å². The molecule has 1 aromatic rings. The molecule has 0 saturated carbocycles. The van der Waals surface area contributed by atoms with Gasteiger partial charge in [0.05, 0.1) is 21.9 Å². The highest BCUT2D eigenvalue weighted by Crippen LogP contribution is 2.45. The molecule has 3 unspecified atom stereocenters. The van der Waals surface area contributed by atoms with E-state index in [1.807, 2.05) is 0 Å². The fourth-order valence-electron chi connectivity index (χ4n) is 4.20. The number of hydrogen-bond donors (Lipinski definition) is 1. The molecule has 3 heterocycles.